The number of benzene rings is 4. The van der Waals surface area contributed by atoms with Gasteiger partial charge >= 0.3 is 0 Å². The molecule has 0 fully saturated rings. The largest absolute Gasteiger partial charge is 0.467 e. The van der Waals surface area contributed by atoms with E-state index in [1.165, 1.54) is 13.2 Å². The molecule has 1 amide bonds. The van der Waals surface area contributed by atoms with Crippen LogP contribution in [0.25, 0.3) is 0 Å². The van der Waals surface area contributed by atoms with Crippen molar-refractivity contribution in [3.63, 3.8) is 0 Å². The first-order valence-electron chi connectivity index (χ1n) is 17.2. The highest BCUT2D eigenvalue weighted by Crippen LogP contribution is 2.60. The van der Waals surface area contributed by atoms with E-state index in [9.17, 15) is 9.59 Å². The molecule has 52 heavy (non-hydrogen) atoms. The third kappa shape index (κ3) is 7.61. The van der Waals surface area contributed by atoms with Gasteiger partial charge in [-0.05, 0) is 38.2 Å². The maximum atomic E-state index is 16.0. The van der Waals surface area contributed by atoms with Crippen LogP contribution in [0.2, 0.25) is 0 Å². The molecular formula is C42H42N2O6P2. The van der Waals surface area contributed by atoms with Crippen molar-refractivity contribution >= 4 is 47.2 Å². The minimum Gasteiger partial charge on any atom is -0.467 e. The highest BCUT2D eigenvalue weighted by Gasteiger charge is 2.46. The average Bonchev–Trinajstić information content (AvgIpc) is 3.92. The van der Waals surface area contributed by atoms with Gasteiger partial charge in [-0.1, -0.05) is 121 Å². The molecule has 4 aromatic carbocycles. The first-order chi connectivity index (χ1) is 25.2. The van der Waals surface area contributed by atoms with E-state index in [1.807, 2.05) is 139 Å². The fourth-order valence-corrected chi connectivity index (χ4v) is 13.2. The molecule has 0 spiro atoms. The van der Waals surface area contributed by atoms with Crippen molar-refractivity contribution in [2.45, 2.75) is 31.3 Å². The van der Waals surface area contributed by atoms with E-state index in [2.05, 4.69) is 0 Å². The van der Waals surface area contributed by atoms with Crippen LogP contribution in [-0.4, -0.2) is 41.6 Å². The molecule has 0 aliphatic carbocycles. The Kier molecular flexibility index (Phi) is 11.7. The van der Waals surface area contributed by atoms with E-state index >= 15 is 9.13 Å². The second-order valence-corrected chi connectivity index (χ2v) is 18.4. The summed E-state index contributed by atoms with van der Waals surface area (Å²) in [6.07, 6.45) is 3.03. The fourth-order valence-electron chi connectivity index (χ4n) is 6.74. The summed E-state index contributed by atoms with van der Waals surface area (Å²) in [5.74, 6) is -1.40. The van der Waals surface area contributed by atoms with Gasteiger partial charge in [0.05, 0.1) is 12.5 Å². The van der Waals surface area contributed by atoms with Crippen molar-refractivity contribution in [3.8, 4) is 0 Å². The number of hydrogen-bond acceptors (Lipinski definition) is 7. The lowest BCUT2D eigenvalue weighted by atomic mass is 10.2. The lowest BCUT2D eigenvalue weighted by Crippen LogP contribution is -2.43. The Balaban J connectivity index is 1.48. The molecule has 266 valence electrons. The molecule has 0 saturated carbocycles. The van der Waals surface area contributed by atoms with Crippen molar-refractivity contribution in [3.05, 3.63) is 170 Å². The molecule has 6 aromatic rings. The number of carbonyl (C=O) groups is 2. The topological polar surface area (TPSA) is 101 Å². The first kappa shape index (κ1) is 36.8. The minimum absolute atomic E-state index is 0.0310. The van der Waals surface area contributed by atoms with Crippen LogP contribution in [0, 0.1) is 0 Å². The van der Waals surface area contributed by atoms with Gasteiger partial charge in [0.1, 0.15) is 23.1 Å². The van der Waals surface area contributed by atoms with Crippen LogP contribution >= 0.6 is 14.3 Å². The van der Waals surface area contributed by atoms with E-state index in [0.29, 0.717) is 32.7 Å². The average molecular weight is 733 g/mol. The Morgan fingerprint density at radius 2 is 0.923 bits per heavy atom. The number of furan rings is 2. The molecule has 0 bridgehead atoms. The summed E-state index contributed by atoms with van der Waals surface area (Å²) in [7, 11) is -5.32. The summed E-state index contributed by atoms with van der Waals surface area (Å²) < 4.78 is 43.8. The predicted molar refractivity (Wildman–Crippen MR) is 207 cm³/mol. The van der Waals surface area contributed by atoms with Gasteiger partial charge in [0.15, 0.2) is 20.1 Å². The number of nitrogens with zero attached hydrogens (tertiary/aromatic N) is 2. The van der Waals surface area contributed by atoms with Gasteiger partial charge in [-0.2, -0.15) is 0 Å². The molecule has 6 rings (SSSR count). The lowest BCUT2D eigenvalue weighted by molar-refractivity contribution is -0.134. The predicted octanol–water partition coefficient (Wildman–Crippen LogP) is 7.73. The van der Waals surface area contributed by atoms with Crippen LogP contribution < -0.4 is 21.2 Å². The van der Waals surface area contributed by atoms with Gasteiger partial charge in [0.2, 0.25) is 5.91 Å². The number of rotatable bonds is 16. The van der Waals surface area contributed by atoms with Crippen LogP contribution in [0.1, 0.15) is 42.9 Å². The summed E-state index contributed by atoms with van der Waals surface area (Å²) in [5, 5.41) is 2.45. The molecule has 10 heteroatoms. The van der Waals surface area contributed by atoms with E-state index < -0.39 is 25.8 Å². The monoisotopic (exact) mass is 732 g/mol. The Hall–Kier alpha value is -5.00. The molecule has 2 aromatic heterocycles. The van der Waals surface area contributed by atoms with Crippen molar-refractivity contribution in [1.82, 2.24) is 9.80 Å². The maximum Gasteiger partial charge on any atom is 0.224 e. The Labute approximate surface area is 304 Å². The number of Topliss-reactive ketones (excluding diaryl/α,β-unsaturated/α-hetero) is 1. The molecule has 2 unspecified atom stereocenters. The van der Waals surface area contributed by atoms with Crippen LogP contribution in [0.15, 0.2) is 167 Å². The van der Waals surface area contributed by atoms with Crippen LogP contribution in [-0.2, 0) is 18.7 Å². The zero-order valence-electron chi connectivity index (χ0n) is 29.2. The number of ketones is 1. The molecular weight excluding hydrogens is 690 g/mol. The van der Waals surface area contributed by atoms with Crippen molar-refractivity contribution in [2.24, 2.45) is 0 Å². The normalized spacial score (nSPS) is 13.1. The summed E-state index contributed by atoms with van der Waals surface area (Å²) in [6, 6.07) is 44.1. The highest BCUT2D eigenvalue weighted by molar-refractivity contribution is 7.79. The van der Waals surface area contributed by atoms with Gasteiger partial charge in [-0.25, -0.2) is 0 Å². The quantitative estimate of drug-likeness (QED) is 0.0940. The summed E-state index contributed by atoms with van der Waals surface area (Å²) >= 11 is 0. The van der Waals surface area contributed by atoms with Crippen molar-refractivity contribution in [1.29, 1.82) is 0 Å². The van der Waals surface area contributed by atoms with E-state index in [-0.39, 0.29) is 37.6 Å². The van der Waals surface area contributed by atoms with Gasteiger partial charge in [-0.15, -0.1) is 0 Å². The van der Waals surface area contributed by atoms with Crippen LogP contribution in [0.3, 0.4) is 0 Å². The van der Waals surface area contributed by atoms with Crippen molar-refractivity contribution < 1.29 is 27.6 Å². The summed E-state index contributed by atoms with van der Waals surface area (Å²) in [4.78, 5) is 30.2. The third-order valence-corrected chi connectivity index (χ3v) is 16.1. The fraction of sp³-hybridized carbons (Fsp3) is 0.190. The SMILES string of the molecule is CC(=O)CCC(=O)N(CCN(C)C(c1ccco1)P(=O)(c1ccccc1)c1ccccc1)C(c1ccco1)P(=O)(c1ccccc1)c1ccccc1. The highest BCUT2D eigenvalue weighted by atomic mass is 31.2. The number of hydrogen-bond donors (Lipinski definition) is 0. The maximum absolute atomic E-state index is 16.0. The Morgan fingerprint density at radius 1 is 0.538 bits per heavy atom. The second-order valence-electron chi connectivity index (χ2n) is 12.7. The number of amides is 1. The van der Waals surface area contributed by atoms with E-state index in [1.54, 1.807) is 29.4 Å². The van der Waals surface area contributed by atoms with Gasteiger partial charge in [-0.3, -0.25) is 9.69 Å². The van der Waals surface area contributed by atoms with E-state index in [4.69, 9.17) is 8.83 Å². The molecule has 0 saturated heterocycles. The second kappa shape index (κ2) is 16.6. The van der Waals surface area contributed by atoms with Crippen LogP contribution in [0.5, 0.6) is 0 Å². The van der Waals surface area contributed by atoms with Crippen LogP contribution in [0.4, 0.5) is 0 Å². The molecule has 2 heterocycles. The smallest absolute Gasteiger partial charge is 0.224 e. The van der Waals surface area contributed by atoms with E-state index in [0.717, 1.165) is 0 Å². The third-order valence-electron chi connectivity index (χ3n) is 9.26. The van der Waals surface area contributed by atoms with Gasteiger partial charge < -0.3 is 27.7 Å². The summed E-state index contributed by atoms with van der Waals surface area (Å²) in [6.45, 7) is 1.73. The lowest BCUT2D eigenvalue weighted by Gasteiger charge is -2.39. The summed E-state index contributed by atoms with van der Waals surface area (Å²) in [5.41, 5.74) is 0. The molecule has 0 aliphatic rings. The molecule has 0 N–H and O–H groups in total. The molecule has 0 aliphatic heterocycles. The zero-order valence-corrected chi connectivity index (χ0v) is 31.0. The number of likely N-dealkylation sites (N-methyl/N-ethyl adjacent to an activating group) is 1. The standard InChI is InChI=1S/C42H42N2O6P2/c1-33(45)27-28-40(46)44(42(39-26-16-32-50-39)52(48,36-21-11-5-12-22-36)37-23-13-6-14-24-37)30-29-43(2)41(38-25-15-31-49-38)51(47,34-17-7-3-8-18-34)35-19-9-4-10-20-35/h3-26,31-32,41-42H,27-30H2,1-2H3. The first-order valence-corrected chi connectivity index (χ1v) is 20.8. The number of carbonyl (C=O) groups excluding carboxylic acids is 2. The zero-order chi connectivity index (χ0) is 36.6. The van der Waals surface area contributed by atoms with Gasteiger partial charge in [0.25, 0.3) is 0 Å². The van der Waals surface area contributed by atoms with Gasteiger partial charge in [0, 0.05) is 47.1 Å². The molecule has 0 radical (unpaired) electrons. The Bertz CT molecular complexity index is 2040. The van der Waals surface area contributed by atoms with Crippen molar-refractivity contribution in [2.75, 3.05) is 20.1 Å². The Morgan fingerprint density at radius 3 is 1.29 bits per heavy atom. The minimum atomic E-state index is -3.71. The molecule has 8 nitrogen and oxygen atoms in total. The molecule has 2 atom stereocenters.